The minimum absolute atomic E-state index is 0.0163. The van der Waals surface area contributed by atoms with Gasteiger partial charge in [0.1, 0.15) is 5.82 Å². The Morgan fingerprint density at radius 2 is 1.84 bits per heavy atom. The fourth-order valence-corrected chi connectivity index (χ4v) is 2.09. The maximum absolute atomic E-state index is 13.4. The number of benzene rings is 1. The SMILES string of the molecule is O=C(c1ccc(C(F)(F)F)c(F)c1)C1CCOCC1. The molecule has 1 aliphatic rings. The quantitative estimate of drug-likeness (QED) is 0.611. The van der Waals surface area contributed by atoms with E-state index in [0.29, 0.717) is 38.2 Å². The molecule has 1 aliphatic heterocycles. The third kappa shape index (κ3) is 3.12. The van der Waals surface area contributed by atoms with Crippen molar-refractivity contribution in [1.82, 2.24) is 0 Å². The van der Waals surface area contributed by atoms with Crippen molar-refractivity contribution in [2.45, 2.75) is 19.0 Å². The van der Waals surface area contributed by atoms with Gasteiger partial charge in [-0.1, -0.05) is 6.07 Å². The normalized spacial score (nSPS) is 17.5. The molecular weight excluding hydrogens is 264 g/mol. The van der Waals surface area contributed by atoms with Crippen molar-refractivity contribution in [3.63, 3.8) is 0 Å². The highest BCUT2D eigenvalue weighted by Crippen LogP contribution is 2.32. The van der Waals surface area contributed by atoms with Gasteiger partial charge in [-0.25, -0.2) is 4.39 Å². The van der Waals surface area contributed by atoms with E-state index in [1.165, 1.54) is 0 Å². The molecule has 0 bridgehead atoms. The predicted octanol–water partition coefficient (Wildman–Crippen LogP) is 3.45. The van der Waals surface area contributed by atoms with E-state index < -0.39 is 17.6 Å². The van der Waals surface area contributed by atoms with Gasteiger partial charge in [0.25, 0.3) is 0 Å². The summed E-state index contributed by atoms with van der Waals surface area (Å²) in [5, 5.41) is 0. The molecule has 0 aliphatic carbocycles. The summed E-state index contributed by atoms with van der Waals surface area (Å²) < 4.78 is 55.7. The highest BCUT2D eigenvalue weighted by Gasteiger charge is 2.34. The zero-order chi connectivity index (χ0) is 14.0. The van der Waals surface area contributed by atoms with E-state index in [2.05, 4.69) is 0 Å². The Morgan fingerprint density at radius 1 is 1.21 bits per heavy atom. The van der Waals surface area contributed by atoms with E-state index in [1.54, 1.807) is 0 Å². The maximum Gasteiger partial charge on any atom is 0.419 e. The molecule has 2 nitrogen and oxygen atoms in total. The molecule has 1 heterocycles. The van der Waals surface area contributed by atoms with Crippen molar-refractivity contribution < 1.29 is 27.1 Å². The zero-order valence-corrected chi connectivity index (χ0v) is 9.97. The number of hydrogen-bond donors (Lipinski definition) is 0. The average Bonchev–Trinajstić information content (AvgIpc) is 2.37. The van der Waals surface area contributed by atoms with Gasteiger partial charge in [0, 0.05) is 24.7 Å². The molecular formula is C13H12F4O2. The zero-order valence-electron chi connectivity index (χ0n) is 9.97. The lowest BCUT2D eigenvalue weighted by Gasteiger charge is -2.21. The van der Waals surface area contributed by atoms with Crippen LogP contribution in [0.15, 0.2) is 18.2 Å². The molecule has 19 heavy (non-hydrogen) atoms. The number of ketones is 1. The topological polar surface area (TPSA) is 26.3 Å². The monoisotopic (exact) mass is 276 g/mol. The summed E-state index contributed by atoms with van der Waals surface area (Å²) in [4.78, 5) is 12.0. The largest absolute Gasteiger partial charge is 0.419 e. The van der Waals surface area contributed by atoms with Crippen LogP contribution in [0.2, 0.25) is 0 Å². The van der Waals surface area contributed by atoms with Gasteiger partial charge in [0.2, 0.25) is 0 Å². The van der Waals surface area contributed by atoms with E-state index >= 15 is 0 Å². The minimum atomic E-state index is -4.75. The molecule has 6 heteroatoms. The summed E-state index contributed by atoms with van der Waals surface area (Å²) in [5.74, 6) is -2.04. The van der Waals surface area contributed by atoms with Crippen molar-refractivity contribution >= 4 is 5.78 Å². The van der Waals surface area contributed by atoms with E-state index in [4.69, 9.17) is 4.74 Å². The number of hydrogen-bond acceptors (Lipinski definition) is 2. The molecule has 0 spiro atoms. The Hall–Kier alpha value is -1.43. The van der Waals surface area contributed by atoms with Crippen molar-refractivity contribution in [3.05, 3.63) is 35.1 Å². The second-order valence-electron chi connectivity index (χ2n) is 4.44. The lowest BCUT2D eigenvalue weighted by atomic mass is 9.90. The first kappa shape index (κ1) is 14.0. The first-order chi connectivity index (χ1) is 8.89. The average molecular weight is 276 g/mol. The number of Topliss-reactive ketones (excluding diaryl/α,β-unsaturated/α-hetero) is 1. The van der Waals surface area contributed by atoms with Gasteiger partial charge in [0.05, 0.1) is 5.56 Å². The number of carbonyl (C=O) groups excluding carboxylic acids is 1. The molecule has 104 valence electrons. The molecule has 2 rings (SSSR count). The number of ether oxygens (including phenoxy) is 1. The Morgan fingerprint density at radius 3 is 2.37 bits per heavy atom. The molecule has 1 fully saturated rings. The van der Waals surface area contributed by atoms with Crippen LogP contribution in [-0.2, 0) is 10.9 Å². The number of alkyl halides is 3. The van der Waals surface area contributed by atoms with E-state index in [1.807, 2.05) is 0 Å². The lowest BCUT2D eigenvalue weighted by molar-refractivity contribution is -0.140. The van der Waals surface area contributed by atoms with Crippen LogP contribution >= 0.6 is 0 Å². The first-order valence-corrected chi connectivity index (χ1v) is 5.88. The Labute approximate surface area is 107 Å². The number of rotatable bonds is 2. The fourth-order valence-electron chi connectivity index (χ4n) is 2.09. The van der Waals surface area contributed by atoms with Gasteiger partial charge in [0.15, 0.2) is 5.78 Å². The summed E-state index contributed by atoms with van der Waals surface area (Å²) in [7, 11) is 0. The third-order valence-corrected chi connectivity index (χ3v) is 3.15. The van der Waals surface area contributed by atoms with Crippen molar-refractivity contribution in [1.29, 1.82) is 0 Å². The lowest BCUT2D eigenvalue weighted by Crippen LogP contribution is -2.23. The van der Waals surface area contributed by atoms with Crippen LogP contribution < -0.4 is 0 Å². The molecule has 1 aromatic carbocycles. The third-order valence-electron chi connectivity index (χ3n) is 3.15. The number of carbonyl (C=O) groups is 1. The highest BCUT2D eigenvalue weighted by molar-refractivity contribution is 5.97. The van der Waals surface area contributed by atoms with Crippen LogP contribution in [0.3, 0.4) is 0 Å². The van der Waals surface area contributed by atoms with Crippen molar-refractivity contribution in [2.75, 3.05) is 13.2 Å². The van der Waals surface area contributed by atoms with Gasteiger partial charge in [-0.15, -0.1) is 0 Å². The molecule has 0 atom stereocenters. The van der Waals surface area contributed by atoms with Gasteiger partial charge in [-0.05, 0) is 25.0 Å². The second kappa shape index (κ2) is 5.28. The molecule has 0 amide bonds. The summed E-state index contributed by atoms with van der Waals surface area (Å²) in [6.45, 7) is 0.888. The molecule has 0 saturated carbocycles. The van der Waals surface area contributed by atoms with E-state index in [9.17, 15) is 22.4 Å². The van der Waals surface area contributed by atoms with Crippen LogP contribution in [-0.4, -0.2) is 19.0 Å². The minimum Gasteiger partial charge on any atom is -0.381 e. The summed E-state index contributed by atoms with van der Waals surface area (Å²) >= 11 is 0. The van der Waals surface area contributed by atoms with Crippen molar-refractivity contribution in [2.24, 2.45) is 5.92 Å². The highest BCUT2D eigenvalue weighted by atomic mass is 19.4. The van der Waals surface area contributed by atoms with E-state index in [-0.39, 0.29) is 17.3 Å². The molecule has 1 aromatic rings. The van der Waals surface area contributed by atoms with Crippen LogP contribution in [0.4, 0.5) is 17.6 Å². The molecule has 0 aromatic heterocycles. The number of halogens is 4. The van der Waals surface area contributed by atoms with Crippen LogP contribution in [0.1, 0.15) is 28.8 Å². The predicted molar refractivity (Wildman–Crippen MR) is 59.3 cm³/mol. The first-order valence-electron chi connectivity index (χ1n) is 5.88. The Bertz CT molecular complexity index is 476. The van der Waals surface area contributed by atoms with Crippen LogP contribution in [0.5, 0.6) is 0 Å². The van der Waals surface area contributed by atoms with Crippen LogP contribution in [0.25, 0.3) is 0 Å². The van der Waals surface area contributed by atoms with Crippen molar-refractivity contribution in [3.8, 4) is 0 Å². The van der Waals surface area contributed by atoms with E-state index in [0.717, 1.165) is 6.07 Å². The molecule has 0 radical (unpaired) electrons. The van der Waals surface area contributed by atoms with Gasteiger partial charge in [-0.2, -0.15) is 13.2 Å². The maximum atomic E-state index is 13.4. The summed E-state index contributed by atoms with van der Waals surface area (Å²) in [6, 6.07) is 2.31. The fraction of sp³-hybridized carbons (Fsp3) is 0.462. The summed E-state index contributed by atoms with van der Waals surface area (Å²) in [6.07, 6.45) is -3.71. The second-order valence-corrected chi connectivity index (χ2v) is 4.44. The Kier molecular flexibility index (Phi) is 3.89. The van der Waals surface area contributed by atoms with Gasteiger partial charge < -0.3 is 4.74 Å². The molecule has 0 unspecified atom stereocenters. The Balaban J connectivity index is 2.22. The van der Waals surface area contributed by atoms with Gasteiger partial charge in [-0.3, -0.25) is 4.79 Å². The summed E-state index contributed by atoms with van der Waals surface area (Å²) in [5.41, 5.74) is -1.37. The molecule has 0 N–H and O–H groups in total. The smallest absolute Gasteiger partial charge is 0.381 e. The van der Waals surface area contributed by atoms with Gasteiger partial charge >= 0.3 is 6.18 Å². The van der Waals surface area contributed by atoms with Crippen LogP contribution in [0, 0.1) is 11.7 Å². The molecule has 1 saturated heterocycles. The standard InChI is InChI=1S/C13H12F4O2/c14-11-7-9(1-2-10(11)13(15,16)17)12(18)8-3-5-19-6-4-8/h1-2,7-8H,3-6H2.